The fourth-order valence-electron chi connectivity index (χ4n) is 3.84. The van der Waals surface area contributed by atoms with E-state index in [0.29, 0.717) is 24.2 Å². The molecule has 9 heteroatoms. The fourth-order valence-corrected chi connectivity index (χ4v) is 4.96. The maximum atomic E-state index is 13.1. The van der Waals surface area contributed by atoms with Crippen LogP contribution in [-0.2, 0) is 10.0 Å². The molecular weight excluding hydrogens is 431 g/mol. The Balaban J connectivity index is 1.47. The summed E-state index contributed by atoms with van der Waals surface area (Å²) in [7, 11) is -1.66. The van der Waals surface area contributed by atoms with Crippen molar-refractivity contribution in [2.45, 2.75) is 44.7 Å². The Bertz CT molecular complexity index is 1010. The number of anilines is 1. The zero-order valence-corrected chi connectivity index (χ0v) is 19.3. The van der Waals surface area contributed by atoms with Crippen LogP contribution in [0.4, 0.5) is 10.1 Å². The van der Waals surface area contributed by atoms with Gasteiger partial charge in [0, 0.05) is 36.9 Å². The molecule has 1 fully saturated rings. The van der Waals surface area contributed by atoms with Gasteiger partial charge in [0.15, 0.2) is 0 Å². The predicted molar refractivity (Wildman–Crippen MR) is 124 cm³/mol. The smallest absolute Gasteiger partial charge is 0.253 e. The Morgan fingerprint density at radius 3 is 2.66 bits per heavy atom. The average Bonchev–Trinajstić information content (AvgIpc) is 3.22. The molecule has 3 N–H and O–H groups in total. The third-order valence-electron chi connectivity index (χ3n) is 5.50. The highest BCUT2D eigenvalue weighted by Gasteiger charge is 2.25. The standard InChI is InChI=1S/C23H31FN4O3S/c1-3-14-32(30,31)27-21-7-4-6-18(15-21)23(29)28(2)13-5-8-20-16-22(26-25-20)17-9-11-19(24)12-10-17/h4,6-7,9-12,15,20,22,25-27H,3,5,8,13-14,16H2,1-2H3. The summed E-state index contributed by atoms with van der Waals surface area (Å²) in [6, 6.07) is 13.5. The van der Waals surface area contributed by atoms with Crippen LogP contribution >= 0.6 is 0 Å². The van der Waals surface area contributed by atoms with Gasteiger partial charge in [-0.2, -0.15) is 0 Å². The van der Waals surface area contributed by atoms with Gasteiger partial charge in [-0.25, -0.2) is 12.8 Å². The van der Waals surface area contributed by atoms with Crippen LogP contribution < -0.4 is 15.6 Å². The summed E-state index contributed by atoms with van der Waals surface area (Å²) in [5.41, 5.74) is 8.42. The highest BCUT2D eigenvalue weighted by Crippen LogP contribution is 2.24. The number of nitrogens with one attached hydrogen (secondary N) is 3. The number of halogens is 1. The van der Waals surface area contributed by atoms with Gasteiger partial charge in [0.25, 0.3) is 5.91 Å². The lowest BCUT2D eigenvalue weighted by Crippen LogP contribution is -2.32. The maximum absolute atomic E-state index is 13.1. The van der Waals surface area contributed by atoms with E-state index in [9.17, 15) is 17.6 Å². The lowest BCUT2D eigenvalue weighted by molar-refractivity contribution is 0.0791. The van der Waals surface area contributed by atoms with Crippen molar-refractivity contribution >= 4 is 21.6 Å². The summed E-state index contributed by atoms with van der Waals surface area (Å²) < 4.78 is 39.6. The molecule has 1 aliphatic heterocycles. The minimum atomic E-state index is -3.40. The van der Waals surface area contributed by atoms with Crippen molar-refractivity contribution in [2.24, 2.45) is 0 Å². The largest absolute Gasteiger partial charge is 0.342 e. The first kappa shape index (κ1) is 24.2. The first-order chi connectivity index (χ1) is 15.3. The molecule has 0 saturated carbocycles. The van der Waals surface area contributed by atoms with Crippen LogP contribution in [0.3, 0.4) is 0 Å². The summed E-state index contributed by atoms with van der Waals surface area (Å²) in [5, 5.41) is 0. The molecule has 0 aromatic heterocycles. The molecule has 2 atom stereocenters. The van der Waals surface area contributed by atoms with Crippen molar-refractivity contribution < 1.29 is 17.6 Å². The molecule has 2 aromatic rings. The van der Waals surface area contributed by atoms with Gasteiger partial charge in [-0.3, -0.25) is 20.4 Å². The van der Waals surface area contributed by atoms with Crippen LogP contribution in [0.2, 0.25) is 0 Å². The number of sulfonamides is 1. The molecule has 3 rings (SSSR count). The van der Waals surface area contributed by atoms with Crippen LogP contribution in [0.1, 0.15) is 54.6 Å². The number of hydrazine groups is 1. The van der Waals surface area contributed by atoms with E-state index in [-0.39, 0.29) is 29.6 Å². The number of carbonyl (C=O) groups excluding carboxylic acids is 1. The lowest BCUT2D eigenvalue weighted by Gasteiger charge is -2.19. The molecule has 174 valence electrons. The van der Waals surface area contributed by atoms with Crippen molar-refractivity contribution in [3.63, 3.8) is 0 Å². The molecule has 2 unspecified atom stereocenters. The van der Waals surface area contributed by atoms with E-state index in [1.807, 2.05) is 0 Å². The first-order valence-electron chi connectivity index (χ1n) is 10.9. The summed E-state index contributed by atoms with van der Waals surface area (Å²) in [6.45, 7) is 2.39. The minimum Gasteiger partial charge on any atom is -0.342 e. The van der Waals surface area contributed by atoms with Gasteiger partial charge in [0.05, 0.1) is 5.75 Å². The van der Waals surface area contributed by atoms with Crippen LogP contribution in [0.15, 0.2) is 48.5 Å². The second kappa shape index (κ2) is 10.9. The Morgan fingerprint density at radius 2 is 1.94 bits per heavy atom. The number of rotatable bonds is 10. The molecule has 1 amide bonds. The van der Waals surface area contributed by atoms with Crippen LogP contribution in [0.25, 0.3) is 0 Å². The number of amides is 1. The second-order valence-corrected chi connectivity index (χ2v) is 10.0. The molecule has 1 saturated heterocycles. The fraction of sp³-hybridized carbons (Fsp3) is 0.435. The normalized spacial score (nSPS) is 18.5. The van der Waals surface area contributed by atoms with Gasteiger partial charge < -0.3 is 4.90 Å². The Labute approximate surface area is 189 Å². The Kier molecular flexibility index (Phi) is 8.22. The van der Waals surface area contributed by atoms with Crippen molar-refractivity contribution in [3.05, 3.63) is 65.5 Å². The number of hydrogen-bond donors (Lipinski definition) is 3. The Hall–Kier alpha value is -2.49. The summed E-state index contributed by atoms with van der Waals surface area (Å²) >= 11 is 0. The zero-order valence-electron chi connectivity index (χ0n) is 18.5. The van der Waals surface area contributed by atoms with Crippen molar-refractivity contribution in [1.82, 2.24) is 15.8 Å². The van der Waals surface area contributed by atoms with Gasteiger partial charge >= 0.3 is 0 Å². The molecule has 0 radical (unpaired) electrons. The van der Waals surface area contributed by atoms with Crippen molar-refractivity contribution in [3.8, 4) is 0 Å². The van der Waals surface area contributed by atoms with E-state index in [1.165, 1.54) is 12.1 Å². The highest BCUT2D eigenvalue weighted by atomic mass is 32.2. The van der Waals surface area contributed by atoms with Gasteiger partial charge in [-0.15, -0.1) is 0 Å². The van der Waals surface area contributed by atoms with E-state index in [2.05, 4.69) is 15.6 Å². The van der Waals surface area contributed by atoms with Crippen molar-refractivity contribution in [1.29, 1.82) is 0 Å². The quantitative estimate of drug-likeness (QED) is 0.503. The molecule has 2 aromatic carbocycles. The predicted octanol–water partition coefficient (Wildman–Crippen LogP) is 3.44. The van der Waals surface area contributed by atoms with E-state index in [4.69, 9.17) is 0 Å². The summed E-state index contributed by atoms with van der Waals surface area (Å²) in [5.74, 6) is -0.354. The molecule has 1 heterocycles. The van der Waals surface area contributed by atoms with E-state index >= 15 is 0 Å². The van der Waals surface area contributed by atoms with Crippen LogP contribution in [0.5, 0.6) is 0 Å². The number of benzene rings is 2. The van der Waals surface area contributed by atoms with Gasteiger partial charge in [-0.05, 0) is 61.6 Å². The molecule has 32 heavy (non-hydrogen) atoms. The molecule has 0 bridgehead atoms. The Morgan fingerprint density at radius 1 is 1.19 bits per heavy atom. The molecular formula is C23H31FN4O3S. The van der Waals surface area contributed by atoms with Gasteiger partial charge in [0.2, 0.25) is 10.0 Å². The monoisotopic (exact) mass is 462 g/mol. The second-order valence-electron chi connectivity index (χ2n) is 8.20. The number of carbonyl (C=O) groups is 1. The molecule has 0 aliphatic carbocycles. The first-order valence-corrected chi connectivity index (χ1v) is 12.5. The SMILES string of the molecule is CCCS(=O)(=O)Nc1cccc(C(=O)N(C)CCCC2CC(c3ccc(F)cc3)NN2)c1. The summed E-state index contributed by atoms with van der Waals surface area (Å²) in [6.07, 6.45) is 3.12. The van der Waals surface area contributed by atoms with E-state index < -0.39 is 10.0 Å². The zero-order chi connectivity index (χ0) is 23.1. The maximum Gasteiger partial charge on any atom is 0.253 e. The molecule has 0 spiro atoms. The molecule has 7 nitrogen and oxygen atoms in total. The van der Waals surface area contributed by atoms with Crippen LogP contribution in [-0.4, -0.2) is 44.6 Å². The number of hydrogen-bond acceptors (Lipinski definition) is 5. The van der Waals surface area contributed by atoms with Gasteiger partial charge in [0.1, 0.15) is 5.82 Å². The topological polar surface area (TPSA) is 90.5 Å². The van der Waals surface area contributed by atoms with Gasteiger partial charge in [-0.1, -0.05) is 25.1 Å². The van der Waals surface area contributed by atoms with Crippen LogP contribution in [0, 0.1) is 5.82 Å². The van der Waals surface area contributed by atoms with Crippen molar-refractivity contribution in [2.75, 3.05) is 24.1 Å². The van der Waals surface area contributed by atoms with E-state index in [0.717, 1.165) is 24.8 Å². The van der Waals surface area contributed by atoms with E-state index in [1.54, 1.807) is 55.3 Å². The highest BCUT2D eigenvalue weighted by molar-refractivity contribution is 7.92. The number of nitrogens with zero attached hydrogens (tertiary/aromatic N) is 1. The third-order valence-corrected chi connectivity index (χ3v) is 7.00. The lowest BCUT2D eigenvalue weighted by atomic mass is 9.99. The average molecular weight is 463 g/mol. The summed E-state index contributed by atoms with van der Waals surface area (Å²) in [4.78, 5) is 14.4. The third kappa shape index (κ3) is 6.75. The molecule has 1 aliphatic rings. The minimum absolute atomic E-state index is 0.0388.